The number of hydrazone groups is 1. The number of amides is 2. The van der Waals surface area contributed by atoms with Crippen LogP contribution >= 0.6 is 0 Å². The lowest BCUT2D eigenvalue weighted by Gasteiger charge is -2.07. The smallest absolute Gasteiger partial charge is 0.329 e. The van der Waals surface area contributed by atoms with Gasteiger partial charge in [0, 0.05) is 6.54 Å². The molecule has 0 fully saturated rings. The number of unbranched alkanes of at least 4 members (excludes halogenated alkanes) is 1. The molecule has 6 nitrogen and oxygen atoms in total. The highest BCUT2D eigenvalue weighted by Crippen LogP contribution is 2.14. The molecule has 2 rings (SSSR count). The molecule has 0 unspecified atom stereocenters. The van der Waals surface area contributed by atoms with E-state index in [9.17, 15) is 9.59 Å². The highest BCUT2D eigenvalue weighted by Gasteiger charge is 2.10. The van der Waals surface area contributed by atoms with Crippen molar-refractivity contribution in [2.45, 2.75) is 33.3 Å². The number of hydrogen-bond acceptors (Lipinski definition) is 4. The number of carbonyl (C=O) groups excluding carboxylic acids is 2. The first-order valence-electron chi connectivity index (χ1n) is 8.98. The second-order valence-electron chi connectivity index (χ2n) is 6.15. The Labute approximate surface area is 159 Å². The fourth-order valence-electron chi connectivity index (χ4n) is 2.18. The molecule has 0 heterocycles. The van der Waals surface area contributed by atoms with Crippen LogP contribution in [0.4, 0.5) is 0 Å². The van der Waals surface area contributed by atoms with Gasteiger partial charge in [-0.15, -0.1) is 0 Å². The van der Waals surface area contributed by atoms with Gasteiger partial charge in [0.1, 0.15) is 12.4 Å². The van der Waals surface area contributed by atoms with Gasteiger partial charge in [0.25, 0.3) is 0 Å². The van der Waals surface area contributed by atoms with Gasteiger partial charge in [0.05, 0.1) is 6.21 Å². The Morgan fingerprint density at radius 2 is 1.74 bits per heavy atom. The van der Waals surface area contributed by atoms with Crippen molar-refractivity contribution in [2.75, 3.05) is 6.54 Å². The van der Waals surface area contributed by atoms with Crippen molar-refractivity contribution in [3.63, 3.8) is 0 Å². The van der Waals surface area contributed by atoms with Gasteiger partial charge >= 0.3 is 11.8 Å². The molecule has 0 spiro atoms. The van der Waals surface area contributed by atoms with E-state index in [1.54, 1.807) is 0 Å². The monoisotopic (exact) mass is 367 g/mol. The number of benzene rings is 2. The summed E-state index contributed by atoms with van der Waals surface area (Å²) in [5.41, 5.74) is 5.31. The number of aryl methyl sites for hydroxylation is 1. The SMILES string of the molecule is CCCCNC(=O)C(=O)N/N=C\c1ccc(OCc2ccc(C)cc2)cc1. The highest BCUT2D eigenvalue weighted by molar-refractivity contribution is 6.35. The molecule has 0 radical (unpaired) electrons. The lowest BCUT2D eigenvalue weighted by Crippen LogP contribution is -2.38. The summed E-state index contributed by atoms with van der Waals surface area (Å²) in [7, 11) is 0. The summed E-state index contributed by atoms with van der Waals surface area (Å²) in [5, 5.41) is 6.32. The quantitative estimate of drug-likeness (QED) is 0.326. The van der Waals surface area contributed by atoms with Crippen molar-refractivity contribution < 1.29 is 14.3 Å². The van der Waals surface area contributed by atoms with Crippen molar-refractivity contribution in [1.29, 1.82) is 0 Å². The summed E-state index contributed by atoms with van der Waals surface area (Å²) in [5.74, 6) is -0.715. The summed E-state index contributed by atoms with van der Waals surface area (Å²) in [4.78, 5) is 23.1. The van der Waals surface area contributed by atoms with E-state index < -0.39 is 11.8 Å². The van der Waals surface area contributed by atoms with Gasteiger partial charge in [-0.05, 0) is 48.7 Å². The number of rotatable bonds is 8. The minimum absolute atomic E-state index is 0.483. The van der Waals surface area contributed by atoms with Crippen molar-refractivity contribution >= 4 is 18.0 Å². The molecule has 0 aliphatic rings. The Morgan fingerprint density at radius 1 is 1.04 bits per heavy atom. The molecule has 0 saturated heterocycles. The van der Waals surface area contributed by atoms with E-state index in [4.69, 9.17) is 4.74 Å². The summed E-state index contributed by atoms with van der Waals surface area (Å²) < 4.78 is 5.74. The lowest BCUT2D eigenvalue weighted by atomic mass is 10.2. The van der Waals surface area contributed by atoms with Crippen LogP contribution in [0.2, 0.25) is 0 Å². The van der Waals surface area contributed by atoms with Gasteiger partial charge in [-0.3, -0.25) is 9.59 Å². The Kier molecular flexibility index (Phi) is 8.03. The van der Waals surface area contributed by atoms with Crippen molar-refractivity contribution in [3.05, 3.63) is 65.2 Å². The summed E-state index contributed by atoms with van der Waals surface area (Å²) in [6.07, 6.45) is 3.26. The molecule has 0 aromatic heterocycles. The normalized spacial score (nSPS) is 10.6. The fourth-order valence-corrected chi connectivity index (χ4v) is 2.18. The predicted molar refractivity (Wildman–Crippen MR) is 106 cm³/mol. The topological polar surface area (TPSA) is 79.8 Å². The van der Waals surface area contributed by atoms with Crippen LogP contribution in [0.15, 0.2) is 53.6 Å². The maximum Gasteiger partial charge on any atom is 0.329 e. The average molecular weight is 367 g/mol. The molecule has 2 amide bonds. The van der Waals surface area contributed by atoms with Crippen LogP contribution in [-0.2, 0) is 16.2 Å². The molecule has 0 aliphatic heterocycles. The molecule has 2 aromatic rings. The maximum atomic E-state index is 11.6. The van der Waals surface area contributed by atoms with E-state index in [2.05, 4.69) is 28.0 Å². The van der Waals surface area contributed by atoms with E-state index >= 15 is 0 Å². The van der Waals surface area contributed by atoms with Gasteiger partial charge in [-0.2, -0.15) is 5.10 Å². The zero-order chi connectivity index (χ0) is 19.5. The Balaban J connectivity index is 1.77. The minimum atomic E-state index is -0.777. The molecule has 0 aliphatic carbocycles. The summed E-state index contributed by atoms with van der Waals surface area (Å²) in [6, 6.07) is 15.5. The highest BCUT2D eigenvalue weighted by atomic mass is 16.5. The second kappa shape index (κ2) is 10.8. The van der Waals surface area contributed by atoms with Gasteiger partial charge in [-0.25, -0.2) is 5.43 Å². The molecule has 0 saturated carbocycles. The first-order chi connectivity index (χ1) is 13.1. The van der Waals surface area contributed by atoms with E-state index in [0.717, 1.165) is 29.7 Å². The van der Waals surface area contributed by atoms with Crippen molar-refractivity contribution in [1.82, 2.24) is 10.7 Å². The van der Waals surface area contributed by atoms with E-state index in [0.29, 0.717) is 13.2 Å². The van der Waals surface area contributed by atoms with Crippen LogP contribution in [0.5, 0.6) is 5.75 Å². The van der Waals surface area contributed by atoms with E-state index in [1.165, 1.54) is 11.8 Å². The maximum absolute atomic E-state index is 11.6. The van der Waals surface area contributed by atoms with E-state index in [1.807, 2.05) is 50.2 Å². The molecule has 142 valence electrons. The van der Waals surface area contributed by atoms with Gasteiger partial charge in [0.2, 0.25) is 0 Å². The van der Waals surface area contributed by atoms with Crippen LogP contribution in [-0.4, -0.2) is 24.6 Å². The van der Waals surface area contributed by atoms with Crippen LogP contribution in [0.25, 0.3) is 0 Å². The standard InChI is InChI=1S/C21H25N3O3/c1-3-4-13-22-20(25)21(26)24-23-14-17-9-11-19(12-10-17)27-15-18-7-5-16(2)6-8-18/h5-12,14H,3-4,13,15H2,1-2H3,(H,22,25)(H,24,26)/b23-14-. The number of nitrogens with zero attached hydrogens (tertiary/aromatic N) is 1. The number of ether oxygens (including phenoxy) is 1. The third-order valence-corrected chi connectivity index (χ3v) is 3.81. The average Bonchev–Trinajstić information content (AvgIpc) is 2.68. The summed E-state index contributed by atoms with van der Waals surface area (Å²) in [6.45, 7) is 5.04. The Hall–Kier alpha value is -3.15. The van der Waals surface area contributed by atoms with Crippen LogP contribution < -0.4 is 15.5 Å². The van der Waals surface area contributed by atoms with Crippen LogP contribution in [0, 0.1) is 6.92 Å². The van der Waals surface area contributed by atoms with Gasteiger partial charge in [0.15, 0.2) is 0 Å². The molecule has 2 N–H and O–H groups in total. The van der Waals surface area contributed by atoms with E-state index in [-0.39, 0.29) is 0 Å². The molecule has 27 heavy (non-hydrogen) atoms. The lowest BCUT2D eigenvalue weighted by molar-refractivity contribution is -0.139. The van der Waals surface area contributed by atoms with Gasteiger partial charge in [-0.1, -0.05) is 43.2 Å². The fraction of sp³-hybridized carbons (Fsp3) is 0.286. The third-order valence-electron chi connectivity index (χ3n) is 3.81. The number of carbonyl (C=O) groups is 2. The van der Waals surface area contributed by atoms with Crippen LogP contribution in [0.3, 0.4) is 0 Å². The molecular weight excluding hydrogens is 342 g/mol. The molecular formula is C21H25N3O3. The first kappa shape index (κ1) is 20.2. The Morgan fingerprint density at radius 3 is 2.41 bits per heavy atom. The zero-order valence-corrected chi connectivity index (χ0v) is 15.7. The van der Waals surface area contributed by atoms with Crippen molar-refractivity contribution in [3.8, 4) is 5.75 Å². The molecule has 0 atom stereocenters. The second-order valence-corrected chi connectivity index (χ2v) is 6.15. The Bertz CT molecular complexity index is 768. The third kappa shape index (κ3) is 7.32. The summed E-state index contributed by atoms with van der Waals surface area (Å²) >= 11 is 0. The number of nitrogens with one attached hydrogen (secondary N) is 2. The molecule has 6 heteroatoms. The minimum Gasteiger partial charge on any atom is -0.489 e. The van der Waals surface area contributed by atoms with Crippen molar-refractivity contribution in [2.24, 2.45) is 5.10 Å². The predicted octanol–water partition coefficient (Wildman–Crippen LogP) is 2.94. The molecule has 0 bridgehead atoms. The largest absolute Gasteiger partial charge is 0.489 e. The van der Waals surface area contributed by atoms with Crippen LogP contribution in [0.1, 0.15) is 36.5 Å². The first-order valence-corrected chi connectivity index (χ1v) is 8.98. The molecule has 2 aromatic carbocycles. The zero-order valence-electron chi connectivity index (χ0n) is 15.7. The number of hydrogen-bond donors (Lipinski definition) is 2. The van der Waals surface area contributed by atoms with Gasteiger partial charge < -0.3 is 10.1 Å².